The minimum atomic E-state index is -0.472. The number of hydrogen-bond acceptors (Lipinski definition) is 4. The molecule has 2 N–H and O–H groups in total. The predicted octanol–water partition coefficient (Wildman–Crippen LogP) is 1.42. The van der Waals surface area contributed by atoms with Gasteiger partial charge < -0.3 is 10.0 Å². The van der Waals surface area contributed by atoms with Crippen molar-refractivity contribution >= 4 is 0 Å². The topological polar surface area (TPSA) is 38.7 Å². The number of aryl methyl sites for hydroxylation is 1. The smallest absolute Gasteiger partial charge is 0.0953 e. The maximum atomic E-state index is 10.4. The molecular formula is C16H27N3O. The number of hydrogen-bond donors (Lipinski definition) is 2. The molecule has 0 bridgehead atoms. The summed E-state index contributed by atoms with van der Waals surface area (Å²) in [6.45, 7) is 8.33. The van der Waals surface area contributed by atoms with E-state index in [1.54, 1.807) is 0 Å². The fourth-order valence-corrected chi connectivity index (χ4v) is 2.53. The molecule has 20 heavy (non-hydrogen) atoms. The van der Waals surface area contributed by atoms with Crippen LogP contribution >= 0.6 is 0 Å². The zero-order chi connectivity index (χ0) is 14.5. The first-order chi connectivity index (χ1) is 9.60. The van der Waals surface area contributed by atoms with Crippen LogP contribution in [-0.2, 0) is 6.42 Å². The van der Waals surface area contributed by atoms with E-state index in [4.69, 9.17) is 0 Å². The van der Waals surface area contributed by atoms with Crippen LogP contribution in [0.3, 0.4) is 0 Å². The number of benzene rings is 1. The molecule has 112 valence electrons. The number of likely N-dealkylation sites (N-methyl/N-ethyl adjacent to an activating group) is 1. The molecule has 1 heterocycles. The number of piperazine rings is 1. The largest absolute Gasteiger partial charge is 0.387 e. The van der Waals surface area contributed by atoms with Gasteiger partial charge in [-0.25, -0.2) is 10.4 Å². The molecule has 1 saturated heterocycles. The molecule has 0 saturated carbocycles. The standard InChI is InChI=1S/C16H27N3O/c1-4-14-5-7-15(8-6-14)16(20)13(2)17-19-11-9-18(3)10-12-19/h5-8,13,16-17,20H,4,9-12H2,1-3H3. The van der Waals surface area contributed by atoms with Crippen LogP contribution in [0.5, 0.6) is 0 Å². The van der Waals surface area contributed by atoms with Crippen LogP contribution in [0.1, 0.15) is 31.1 Å². The summed E-state index contributed by atoms with van der Waals surface area (Å²) in [6.07, 6.45) is 0.562. The average molecular weight is 277 g/mol. The maximum absolute atomic E-state index is 10.4. The van der Waals surface area contributed by atoms with Crippen LogP contribution < -0.4 is 5.43 Å². The molecule has 2 atom stereocenters. The Hall–Kier alpha value is -0.940. The summed E-state index contributed by atoms with van der Waals surface area (Å²) in [5.74, 6) is 0. The van der Waals surface area contributed by atoms with E-state index in [0.29, 0.717) is 0 Å². The number of nitrogens with zero attached hydrogens (tertiary/aromatic N) is 2. The third-order valence-corrected chi connectivity index (χ3v) is 4.09. The van der Waals surface area contributed by atoms with E-state index in [-0.39, 0.29) is 6.04 Å². The first-order valence-electron chi connectivity index (χ1n) is 7.56. The second-order valence-electron chi connectivity index (χ2n) is 5.75. The van der Waals surface area contributed by atoms with Crippen molar-refractivity contribution in [1.29, 1.82) is 0 Å². The summed E-state index contributed by atoms with van der Waals surface area (Å²) in [5, 5.41) is 12.7. The second kappa shape index (κ2) is 7.18. The van der Waals surface area contributed by atoms with Crippen LogP contribution in [0.4, 0.5) is 0 Å². The SMILES string of the molecule is CCc1ccc(C(O)C(C)NN2CCN(C)CC2)cc1. The van der Waals surface area contributed by atoms with E-state index in [0.717, 1.165) is 38.2 Å². The lowest BCUT2D eigenvalue weighted by atomic mass is 10.0. The normalized spacial score (nSPS) is 20.8. The van der Waals surface area contributed by atoms with Crippen molar-refractivity contribution in [2.24, 2.45) is 0 Å². The molecule has 1 aliphatic heterocycles. The van der Waals surface area contributed by atoms with Crippen LogP contribution in [0, 0.1) is 0 Å². The Kier molecular flexibility index (Phi) is 5.54. The van der Waals surface area contributed by atoms with E-state index >= 15 is 0 Å². The lowest BCUT2D eigenvalue weighted by molar-refractivity contribution is 0.0438. The Bertz CT molecular complexity index is 399. The van der Waals surface area contributed by atoms with Gasteiger partial charge in [-0.05, 0) is 31.5 Å². The molecule has 2 rings (SSSR count). The van der Waals surface area contributed by atoms with Crippen molar-refractivity contribution in [2.45, 2.75) is 32.4 Å². The van der Waals surface area contributed by atoms with Gasteiger partial charge in [0.2, 0.25) is 0 Å². The minimum Gasteiger partial charge on any atom is -0.387 e. The number of nitrogens with one attached hydrogen (secondary N) is 1. The Morgan fingerprint density at radius 1 is 1.15 bits per heavy atom. The third kappa shape index (κ3) is 4.03. The predicted molar refractivity (Wildman–Crippen MR) is 82.4 cm³/mol. The zero-order valence-corrected chi connectivity index (χ0v) is 12.8. The fourth-order valence-electron chi connectivity index (χ4n) is 2.53. The number of aliphatic hydroxyl groups excluding tert-OH is 1. The van der Waals surface area contributed by atoms with E-state index in [1.807, 2.05) is 19.1 Å². The molecule has 0 radical (unpaired) electrons. The first kappa shape index (κ1) is 15.4. The highest BCUT2D eigenvalue weighted by atomic mass is 16.3. The molecule has 4 nitrogen and oxygen atoms in total. The fraction of sp³-hybridized carbons (Fsp3) is 0.625. The molecule has 0 amide bonds. The number of aliphatic hydroxyl groups is 1. The van der Waals surface area contributed by atoms with Gasteiger partial charge in [0.05, 0.1) is 6.10 Å². The van der Waals surface area contributed by atoms with Crippen molar-refractivity contribution in [3.8, 4) is 0 Å². The summed E-state index contributed by atoms with van der Waals surface area (Å²) < 4.78 is 0. The molecule has 2 unspecified atom stereocenters. The van der Waals surface area contributed by atoms with Crippen LogP contribution in [-0.4, -0.2) is 54.3 Å². The summed E-state index contributed by atoms with van der Waals surface area (Å²) in [4.78, 5) is 2.32. The van der Waals surface area contributed by atoms with Gasteiger partial charge in [0.25, 0.3) is 0 Å². The molecular weight excluding hydrogens is 250 g/mol. The Balaban J connectivity index is 1.88. The van der Waals surface area contributed by atoms with Crippen molar-refractivity contribution in [2.75, 3.05) is 33.2 Å². The zero-order valence-electron chi connectivity index (χ0n) is 12.8. The molecule has 0 aromatic heterocycles. The Morgan fingerprint density at radius 3 is 2.30 bits per heavy atom. The highest BCUT2D eigenvalue weighted by Crippen LogP contribution is 2.18. The van der Waals surface area contributed by atoms with Gasteiger partial charge in [-0.15, -0.1) is 0 Å². The van der Waals surface area contributed by atoms with Crippen molar-refractivity contribution < 1.29 is 5.11 Å². The lowest BCUT2D eigenvalue weighted by Gasteiger charge is -2.35. The lowest BCUT2D eigenvalue weighted by Crippen LogP contribution is -2.54. The van der Waals surface area contributed by atoms with Gasteiger partial charge in [0.1, 0.15) is 0 Å². The Morgan fingerprint density at radius 2 is 1.75 bits per heavy atom. The number of rotatable bonds is 5. The summed E-state index contributed by atoms with van der Waals surface area (Å²) in [6, 6.07) is 8.28. The molecule has 0 aliphatic carbocycles. The van der Waals surface area contributed by atoms with E-state index in [2.05, 4.69) is 41.4 Å². The summed E-state index contributed by atoms with van der Waals surface area (Å²) in [5.41, 5.74) is 5.71. The highest BCUT2D eigenvalue weighted by Gasteiger charge is 2.20. The van der Waals surface area contributed by atoms with Gasteiger partial charge in [0, 0.05) is 32.2 Å². The van der Waals surface area contributed by atoms with Crippen LogP contribution in [0.25, 0.3) is 0 Å². The Labute approximate surface area is 122 Å². The molecule has 1 aliphatic rings. The average Bonchev–Trinajstić information content (AvgIpc) is 2.49. The van der Waals surface area contributed by atoms with Gasteiger partial charge in [-0.1, -0.05) is 31.2 Å². The van der Waals surface area contributed by atoms with Gasteiger partial charge in [-0.2, -0.15) is 0 Å². The van der Waals surface area contributed by atoms with Gasteiger partial charge >= 0.3 is 0 Å². The first-order valence-corrected chi connectivity index (χ1v) is 7.56. The van der Waals surface area contributed by atoms with Crippen molar-refractivity contribution in [3.63, 3.8) is 0 Å². The van der Waals surface area contributed by atoms with E-state index < -0.39 is 6.10 Å². The third-order valence-electron chi connectivity index (χ3n) is 4.09. The van der Waals surface area contributed by atoms with E-state index in [9.17, 15) is 5.11 Å². The highest BCUT2D eigenvalue weighted by molar-refractivity contribution is 5.24. The van der Waals surface area contributed by atoms with Gasteiger partial charge in [0.15, 0.2) is 0 Å². The van der Waals surface area contributed by atoms with Gasteiger partial charge in [-0.3, -0.25) is 0 Å². The molecule has 1 fully saturated rings. The van der Waals surface area contributed by atoms with E-state index in [1.165, 1.54) is 5.56 Å². The molecule has 1 aromatic carbocycles. The summed E-state index contributed by atoms with van der Waals surface area (Å²) in [7, 11) is 2.14. The molecule has 0 spiro atoms. The summed E-state index contributed by atoms with van der Waals surface area (Å²) >= 11 is 0. The van der Waals surface area contributed by atoms with Crippen LogP contribution in [0.15, 0.2) is 24.3 Å². The molecule has 1 aromatic rings. The quantitative estimate of drug-likeness (QED) is 0.854. The number of hydrazine groups is 1. The van der Waals surface area contributed by atoms with Crippen molar-refractivity contribution in [1.82, 2.24) is 15.3 Å². The minimum absolute atomic E-state index is 0.0193. The molecule has 4 heteroatoms. The van der Waals surface area contributed by atoms with Crippen LogP contribution in [0.2, 0.25) is 0 Å². The monoisotopic (exact) mass is 277 g/mol. The maximum Gasteiger partial charge on any atom is 0.0953 e. The second-order valence-corrected chi connectivity index (χ2v) is 5.75. The van der Waals surface area contributed by atoms with Crippen molar-refractivity contribution in [3.05, 3.63) is 35.4 Å².